The summed E-state index contributed by atoms with van der Waals surface area (Å²) in [5.41, 5.74) is -1.01. The lowest BCUT2D eigenvalue weighted by Gasteiger charge is -2.24. The lowest BCUT2D eigenvalue weighted by Crippen LogP contribution is -2.40. The zero-order chi connectivity index (χ0) is 21.3. The summed E-state index contributed by atoms with van der Waals surface area (Å²) in [6, 6.07) is 4.76. The Labute approximate surface area is 161 Å². The first kappa shape index (κ1) is 20.4. The lowest BCUT2D eigenvalue weighted by molar-refractivity contribution is -0.119. The number of carbonyl (C=O) groups excluding carboxylic acids is 2. The number of carbonyl (C=O) groups is 2. The fraction of sp³-hybridized carbons (Fsp3) is 0.211. The number of halogens is 5. The molecule has 1 aliphatic rings. The van der Waals surface area contributed by atoms with Gasteiger partial charge in [-0.05, 0) is 24.6 Å². The van der Waals surface area contributed by atoms with Crippen molar-refractivity contribution in [3.63, 3.8) is 0 Å². The molecule has 5 nitrogen and oxygen atoms in total. The number of amides is 2. The summed E-state index contributed by atoms with van der Waals surface area (Å²) >= 11 is 0. The number of hydrogen-bond donors (Lipinski definition) is 1. The largest absolute Gasteiger partial charge is 0.344 e. The predicted octanol–water partition coefficient (Wildman–Crippen LogP) is 3.74. The van der Waals surface area contributed by atoms with E-state index in [0.29, 0.717) is 5.56 Å². The fourth-order valence-corrected chi connectivity index (χ4v) is 2.75. The molecular formula is C19H14F5N3O2. The first-order chi connectivity index (χ1) is 13.7. The topological polar surface area (TPSA) is 61.8 Å². The van der Waals surface area contributed by atoms with Gasteiger partial charge in [0.1, 0.15) is 17.2 Å². The molecule has 2 aromatic carbocycles. The van der Waals surface area contributed by atoms with Crippen LogP contribution in [0.25, 0.3) is 0 Å². The van der Waals surface area contributed by atoms with Gasteiger partial charge in [0.05, 0.1) is 6.04 Å². The summed E-state index contributed by atoms with van der Waals surface area (Å²) in [6.45, 7) is 1.61. The van der Waals surface area contributed by atoms with Crippen molar-refractivity contribution in [1.82, 2.24) is 5.32 Å². The van der Waals surface area contributed by atoms with E-state index in [1.165, 1.54) is 24.3 Å². The predicted molar refractivity (Wildman–Crippen MR) is 93.4 cm³/mol. The monoisotopic (exact) mass is 411 g/mol. The highest BCUT2D eigenvalue weighted by molar-refractivity contribution is 6.40. The molecule has 2 amide bonds. The Balaban J connectivity index is 1.88. The minimum Gasteiger partial charge on any atom is -0.344 e. The minimum atomic E-state index is -1.80. The highest BCUT2D eigenvalue weighted by atomic mass is 19.2. The Morgan fingerprint density at radius 2 is 1.62 bits per heavy atom. The van der Waals surface area contributed by atoms with Crippen LogP contribution in [-0.2, 0) is 9.59 Å². The minimum absolute atomic E-state index is 0.00426. The molecule has 0 fully saturated rings. The van der Waals surface area contributed by atoms with Gasteiger partial charge in [0.25, 0.3) is 5.91 Å². The Bertz CT molecular complexity index is 982. The Hall–Kier alpha value is -3.30. The molecule has 0 bridgehead atoms. The average molecular weight is 411 g/mol. The van der Waals surface area contributed by atoms with Gasteiger partial charge in [0, 0.05) is 18.9 Å². The van der Waals surface area contributed by atoms with Gasteiger partial charge in [-0.2, -0.15) is 10.1 Å². The Kier molecular flexibility index (Phi) is 5.62. The molecule has 0 saturated carbocycles. The first-order valence-electron chi connectivity index (χ1n) is 8.48. The maximum absolute atomic E-state index is 14.0. The van der Waals surface area contributed by atoms with E-state index in [9.17, 15) is 31.5 Å². The van der Waals surface area contributed by atoms with Gasteiger partial charge in [0.2, 0.25) is 5.91 Å². The second-order valence-corrected chi connectivity index (χ2v) is 6.32. The maximum Gasteiger partial charge on any atom is 0.267 e. The second-order valence-electron chi connectivity index (χ2n) is 6.32. The molecule has 1 heterocycles. The summed E-state index contributed by atoms with van der Waals surface area (Å²) in [6.07, 6.45) is -0.494. The van der Waals surface area contributed by atoms with Crippen molar-refractivity contribution < 1.29 is 31.5 Å². The van der Waals surface area contributed by atoms with Crippen LogP contribution in [0.4, 0.5) is 27.6 Å². The van der Waals surface area contributed by atoms with Crippen molar-refractivity contribution in [2.75, 3.05) is 5.01 Å². The molecule has 0 saturated heterocycles. The van der Waals surface area contributed by atoms with Crippen LogP contribution in [0, 0.1) is 29.1 Å². The van der Waals surface area contributed by atoms with Crippen molar-refractivity contribution >= 4 is 23.2 Å². The van der Waals surface area contributed by atoms with Crippen molar-refractivity contribution in [1.29, 1.82) is 0 Å². The first-order valence-corrected chi connectivity index (χ1v) is 8.48. The van der Waals surface area contributed by atoms with Gasteiger partial charge >= 0.3 is 0 Å². The quantitative estimate of drug-likeness (QED) is 0.616. The molecule has 152 valence electrons. The van der Waals surface area contributed by atoms with Crippen LogP contribution in [0.1, 0.15) is 31.4 Å². The van der Waals surface area contributed by atoms with E-state index in [-0.39, 0.29) is 29.6 Å². The zero-order valence-corrected chi connectivity index (χ0v) is 15.0. The van der Waals surface area contributed by atoms with Crippen LogP contribution in [-0.4, -0.2) is 17.5 Å². The van der Waals surface area contributed by atoms with Crippen LogP contribution in [0.2, 0.25) is 0 Å². The molecule has 0 aliphatic carbocycles. The highest BCUT2D eigenvalue weighted by Crippen LogP contribution is 2.30. The fourth-order valence-electron chi connectivity index (χ4n) is 2.75. The molecular weight excluding hydrogens is 397 g/mol. The number of hydrazone groups is 1. The van der Waals surface area contributed by atoms with Crippen molar-refractivity contribution in [3.05, 3.63) is 65.0 Å². The van der Waals surface area contributed by atoms with Gasteiger partial charge in [-0.25, -0.2) is 22.0 Å². The Morgan fingerprint density at radius 3 is 2.21 bits per heavy atom. The number of benzene rings is 2. The van der Waals surface area contributed by atoms with E-state index < -0.39 is 52.6 Å². The van der Waals surface area contributed by atoms with E-state index >= 15 is 0 Å². The third kappa shape index (κ3) is 4.10. The average Bonchev–Trinajstić information content (AvgIpc) is 2.68. The highest BCUT2D eigenvalue weighted by Gasteiger charge is 2.32. The van der Waals surface area contributed by atoms with Gasteiger partial charge in [-0.1, -0.05) is 12.1 Å². The zero-order valence-electron chi connectivity index (χ0n) is 15.0. The van der Waals surface area contributed by atoms with Crippen molar-refractivity contribution in [2.45, 2.75) is 25.8 Å². The molecule has 1 aliphatic heterocycles. The van der Waals surface area contributed by atoms with Crippen LogP contribution < -0.4 is 10.3 Å². The molecule has 1 atom stereocenters. The lowest BCUT2D eigenvalue weighted by atomic mass is 10.1. The SMILES string of the molecule is C[C@H](NC(=O)C1=NN(c2c(F)c(F)cc(F)c2F)C(=O)CC1)c1ccc(F)cc1. The van der Waals surface area contributed by atoms with Crippen molar-refractivity contribution in [2.24, 2.45) is 5.10 Å². The molecule has 1 N–H and O–H groups in total. The summed E-state index contributed by atoms with van der Waals surface area (Å²) in [4.78, 5) is 24.5. The molecule has 0 aromatic heterocycles. The molecule has 0 unspecified atom stereocenters. The molecule has 3 rings (SSSR count). The van der Waals surface area contributed by atoms with Gasteiger partial charge < -0.3 is 5.32 Å². The third-order valence-corrected chi connectivity index (χ3v) is 4.31. The summed E-state index contributed by atoms with van der Waals surface area (Å²) in [5, 5.41) is 6.32. The van der Waals surface area contributed by atoms with E-state index in [4.69, 9.17) is 0 Å². The van der Waals surface area contributed by atoms with Crippen LogP contribution >= 0.6 is 0 Å². The molecule has 10 heteroatoms. The summed E-state index contributed by atoms with van der Waals surface area (Å²) in [5.74, 6) is -9.16. The number of nitrogens with one attached hydrogen (secondary N) is 1. The summed E-state index contributed by atoms with van der Waals surface area (Å²) in [7, 11) is 0. The van der Waals surface area contributed by atoms with E-state index in [2.05, 4.69) is 10.4 Å². The van der Waals surface area contributed by atoms with Gasteiger partial charge in [0.15, 0.2) is 23.3 Å². The van der Waals surface area contributed by atoms with Gasteiger partial charge in [-0.15, -0.1) is 0 Å². The van der Waals surface area contributed by atoms with E-state index in [1.807, 2.05) is 0 Å². The molecule has 2 aromatic rings. The third-order valence-electron chi connectivity index (χ3n) is 4.31. The van der Waals surface area contributed by atoms with E-state index in [1.54, 1.807) is 6.92 Å². The Morgan fingerprint density at radius 1 is 1.03 bits per heavy atom. The molecule has 29 heavy (non-hydrogen) atoms. The second kappa shape index (κ2) is 7.98. The molecule has 0 spiro atoms. The number of nitrogens with zero attached hydrogens (tertiary/aromatic N) is 2. The van der Waals surface area contributed by atoms with E-state index in [0.717, 1.165) is 0 Å². The summed E-state index contributed by atoms with van der Waals surface area (Å²) < 4.78 is 68.0. The van der Waals surface area contributed by atoms with Crippen LogP contribution in [0.5, 0.6) is 0 Å². The number of hydrogen-bond acceptors (Lipinski definition) is 3. The van der Waals surface area contributed by atoms with Crippen LogP contribution in [0.15, 0.2) is 35.4 Å². The van der Waals surface area contributed by atoms with Crippen LogP contribution in [0.3, 0.4) is 0 Å². The van der Waals surface area contributed by atoms with Crippen molar-refractivity contribution in [3.8, 4) is 0 Å². The molecule has 0 radical (unpaired) electrons. The maximum atomic E-state index is 14.0. The number of rotatable bonds is 4. The standard InChI is InChI=1S/C19H14F5N3O2/c1-9(10-2-4-11(20)5-3-10)25-19(29)14-6-7-15(28)27(26-14)18-16(23)12(21)8-13(22)17(18)24/h2-5,8-9H,6-7H2,1H3,(H,25,29)/t9-/m0/s1. The number of anilines is 1. The smallest absolute Gasteiger partial charge is 0.267 e. The van der Waals surface area contributed by atoms with Gasteiger partial charge in [-0.3, -0.25) is 9.59 Å². The normalized spacial score (nSPS) is 15.2.